The average Bonchev–Trinajstić information content (AvgIpc) is 2.60. The molecular formula is C12H21N3O. The smallest absolute Gasteiger partial charge is 0.0762 e. The molecule has 2 heterocycles. The first-order chi connectivity index (χ1) is 7.63. The van der Waals surface area contributed by atoms with Gasteiger partial charge >= 0.3 is 0 Å². The number of hydrogen-bond donors (Lipinski definition) is 1. The quantitative estimate of drug-likeness (QED) is 0.843. The normalized spacial score (nSPS) is 30.6. The molecule has 90 valence electrons. The third-order valence-corrected chi connectivity index (χ3v) is 3.04. The number of aryl methyl sites for hydroxylation is 1. The second-order valence-electron chi connectivity index (χ2n) is 4.79. The van der Waals surface area contributed by atoms with E-state index in [1.807, 2.05) is 17.9 Å². The first kappa shape index (κ1) is 11.6. The number of ether oxygens (including phenoxy) is 1. The fraction of sp³-hybridized carbons (Fsp3) is 0.750. The molecule has 0 bridgehead atoms. The van der Waals surface area contributed by atoms with Crippen molar-refractivity contribution >= 4 is 0 Å². The highest BCUT2D eigenvalue weighted by Gasteiger charge is 2.23. The van der Waals surface area contributed by atoms with Crippen molar-refractivity contribution in [2.75, 3.05) is 0 Å². The van der Waals surface area contributed by atoms with Gasteiger partial charge in [0.2, 0.25) is 0 Å². The predicted octanol–water partition coefficient (Wildman–Crippen LogP) is 1.47. The molecule has 1 aliphatic rings. The van der Waals surface area contributed by atoms with E-state index in [-0.39, 0.29) is 0 Å². The Bertz CT molecular complexity index is 327. The lowest BCUT2D eigenvalue weighted by Crippen LogP contribution is -2.41. The van der Waals surface area contributed by atoms with Crippen molar-refractivity contribution < 1.29 is 4.74 Å². The van der Waals surface area contributed by atoms with Crippen LogP contribution in [0.2, 0.25) is 0 Å². The van der Waals surface area contributed by atoms with Crippen LogP contribution in [0.1, 0.15) is 32.4 Å². The number of aromatic nitrogens is 2. The van der Waals surface area contributed by atoms with Gasteiger partial charge in [-0.25, -0.2) is 0 Å². The number of hydrogen-bond acceptors (Lipinski definition) is 3. The Morgan fingerprint density at radius 1 is 1.44 bits per heavy atom. The third-order valence-electron chi connectivity index (χ3n) is 3.04. The zero-order valence-electron chi connectivity index (χ0n) is 10.3. The van der Waals surface area contributed by atoms with E-state index in [0.717, 1.165) is 25.1 Å². The molecule has 1 aromatic rings. The van der Waals surface area contributed by atoms with Crippen LogP contribution in [-0.4, -0.2) is 28.0 Å². The summed E-state index contributed by atoms with van der Waals surface area (Å²) in [4.78, 5) is 0. The summed E-state index contributed by atoms with van der Waals surface area (Å²) in [6, 6.07) is 2.61. The largest absolute Gasteiger partial charge is 0.375 e. The summed E-state index contributed by atoms with van der Waals surface area (Å²) >= 11 is 0. The summed E-state index contributed by atoms with van der Waals surface area (Å²) in [6.45, 7) is 5.14. The highest BCUT2D eigenvalue weighted by molar-refractivity contribution is 4.98. The average molecular weight is 223 g/mol. The second-order valence-corrected chi connectivity index (χ2v) is 4.79. The van der Waals surface area contributed by atoms with Crippen LogP contribution in [0.5, 0.6) is 0 Å². The van der Waals surface area contributed by atoms with E-state index < -0.39 is 0 Å². The lowest BCUT2D eigenvalue weighted by molar-refractivity contribution is -0.0423. The predicted molar refractivity (Wildman–Crippen MR) is 63.1 cm³/mol. The monoisotopic (exact) mass is 223 g/mol. The van der Waals surface area contributed by atoms with Crippen LogP contribution >= 0.6 is 0 Å². The van der Waals surface area contributed by atoms with E-state index in [2.05, 4.69) is 30.3 Å². The van der Waals surface area contributed by atoms with E-state index in [1.54, 1.807) is 0 Å². The molecule has 1 saturated heterocycles. The van der Waals surface area contributed by atoms with E-state index in [0.29, 0.717) is 18.2 Å². The van der Waals surface area contributed by atoms with E-state index in [4.69, 9.17) is 4.74 Å². The van der Waals surface area contributed by atoms with Gasteiger partial charge in [-0.3, -0.25) is 4.68 Å². The maximum Gasteiger partial charge on any atom is 0.0762 e. The molecular weight excluding hydrogens is 202 g/mol. The Labute approximate surface area is 97.0 Å². The number of nitrogens with one attached hydrogen (secondary N) is 1. The SMILES string of the molecule is CC1CC(NCc2ccn(C)n2)CC(C)O1. The third kappa shape index (κ3) is 3.06. The Morgan fingerprint density at radius 2 is 2.12 bits per heavy atom. The molecule has 0 saturated carbocycles. The summed E-state index contributed by atoms with van der Waals surface area (Å²) in [7, 11) is 1.95. The molecule has 0 amide bonds. The van der Waals surface area contributed by atoms with Crippen LogP contribution in [0.4, 0.5) is 0 Å². The fourth-order valence-electron chi connectivity index (χ4n) is 2.38. The summed E-state index contributed by atoms with van der Waals surface area (Å²) in [5, 5.41) is 7.91. The summed E-state index contributed by atoms with van der Waals surface area (Å²) in [6.07, 6.45) is 4.90. The minimum atomic E-state index is 0.366. The summed E-state index contributed by atoms with van der Waals surface area (Å²) < 4.78 is 7.55. The van der Waals surface area contributed by atoms with Crippen LogP contribution < -0.4 is 5.32 Å². The van der Waals surface area contributed by atoms with Crippen molar-refractivity contribution in [2.45, 2.75) is 51.5 Å². The molecule has 1 aliphatic heterocycles. The van der Waals surface area contributed by atoms with Crippen molar-refractivity contribution in [1.29, 1.82) is 0 Å². The van der Waals surface area contributed by atoms with Gasteiger partial charge in [0.25, 0.3) is 0 Å². The highest BCUT2D eigenvalue weighted by atomic mass is 16.5. The van der Waals surface area contributed by atoms with Gasteiger partial charge in [0.15, 0.2) is 0 Å². The fourth-order valence-corrected chi connectivity index (χ4v) is 2.38. The molecule has 4 heteroatoms. The summed E-state index contributed by atoms with van der Waals surface area (Å²) in [5.41, 5.74) is 1.11. The first-order valence-corrected chi connectivity index (χ1v) is 6.01. The lowest BCUT2D eigenvalue weighted by Gasteiger charge is -2.32. The van der Waals surface area contributed by atoms with Gasteiger partial charge in [-0.2, -0.15) is 5.10 Å². The van der Waals surface area contributed by atoms with Crippen molar-refractivity contribution in [1.82, 2.24) is 15.1 Å². The zero-order valence-corrected chi connectivity index (χ0v) is 10.3. The van der Waals surface area contributed by atoms with E-state index >= 15 is 0 Å². The molecule has 2 unspecified atom stereocenters. The Kier molecular flexibility index (Phi) is 3.61. The van der Waals surface area contributed by atoms with E-state index in [9.17, 15) is 0 Å². The van der Waals surface area contributed by atoms with Crippen molar-refractivity contribution in [3.05, 3.63) is 18.0 Å². The van der Waals surface area contributed by atoms with Crippen LogP contribution in [0.25, 0.3) is 0 Å². The molecule has 16 heavy (non-hydrogen) atoms. The highest BCUT2D eigenvalue weighted by Crippen LogP contribution is 2.19. The van der Waals surface area contributed by atoms with Gasteiger partial charge in [-0.05, 0) is 32.8 Å². The minimum absolute atomic E-state index is 0.366. The van der Waals surface area contributed by atoms with Gasteiger partial charge in [-0.1, -0.05) is 0 Å². The molecule has 0 aliphatic carbocycles. The van der Waals surface area contributed by atoms with Crippen LogP contribution in [0.3, 0.4) is 0 Å². The van der Waals surface area contributed by atoms with E-state index in [1.165, 1.54) is 0 Å². The first-order valence-electron chi connectivity index (χ1n) is 6.01. The van der Waals surface area contributed by atoms with Crippen LogP contribution in [0, 0.1) is 0 Å². The maximum absolute atomic E-state index is 5.71. The maximum atomic E-state index is 5.71. The van der Waals surface area contributed by atoms with Gasteiger partial charge < -0.3 is 10.1 Å². The number of nitrogens with zero attached hydrogens (tertiary/aromatic N) is 2. The molecule has 0 radical (unpaired) electrons. The molecule has 2 rings (SSSR count). The topological polar surface area (TPSA) is 39.1 Å². The molecule has 4 nitrogen and oxygen atoms in total. The molecule has 1 aromatic heterocycles. The molecule has 1 fully saturated rings. The van der Waals surface area contributed by atoms with Gasteiger partial charge in [0, 0.05) is 25.8 Å². The molecule has 0 spiro atoms. The van der Waals surface area contributed by atoms with Crippen molar-refractivity contribution in [3.8, 4) is 0 Å². The van der Waals surface area contributed by atoms with Crippen molar-refractivity contribution in [3.63, 3.8) is 0 Å². The lowest BCUT2D eigenvalue weighted by atomic mass is 10.00. The Morgan fingerprint density at radius 3 is 2.69 bits per heavy atom. The zero-order chi connectivity index (χ0) is 11.5. The molecule has 1 N–H and O–H groups in total. The van der Waals surface area contributed by atoms with Crippen LogP contribution in [0.15, 0.2) is 12.3 Å². The summed E-state index contributed by atoms with van der Waals surface area (Å²) in [5.74, 6) is 0. The Hall–Kier alpha value is -0.870. The molecule has 0 aromatic carbocycles. The number of rotatable bonds is 3. The van der Waals surface area contributed by atoms with Crippen molar-refractivity contribution in [2.24, 2.45) is 7.05 Å². The van der Waals surface area contributed by atoms with Crippen LogP contribution in [-0.2, 0) is 18.3 Å². The Balaban J connectivity index is 1.81. The van der Waals surface area contributed by atoms with Gasteiger partial charge in [-0.15, -0.1) is 0 Å². The standard InChI is InChI=1S/C12H21N3O/c1-9-6-12(7-10(2)16-9)13-8-11-4-5-15(3)14-11/h4-5,9-10,12-13H,6-8H2,1-3H3. The van der Waals surface area contributed by atoms with Gasteiger partial charge in [0.1, 0.15) is 0 Å². The second kappa shape index (κ2) is 4.97. The minimum Gasteiger partial charge on any atom is -0.375 e. The molecule has 2 atom stereocenters. The van der Waals surface area contributed by atoms with Gasteiger partial charge in [0.05, 0.1) is 17.9 Å².